The van der Waals surface area contributed by atoms with Crippen molar-refractivity contribution in [1.82, 2.24) is 0 Å². The first-order chi connectivity index (χ1) is 51.0. The Labute approximate surface area is 606 Å². The molecule has 6 nitrogen and oxygen atoms in total. The first kappa shape index (κ1) is 60.6. The summed E-state index contributed by atoms with van der Waals surface area (Å²) in [5.74, 6) is -3.89. The van der Waals surface area contributed by atoms with Gasteiger partial charge in [-0.3, -0.25) is 0 Å². The van der Waals surface area contributed by atoms with Crippen molar-refractivity contribution in [2.24, 2.45) is 42.3 Å². The molecule has 6 aromatic heterocycles. The predicted octanol–water partition coefficient (Wildman–Crippen LogP) is 19.7. The molecule has 0 spiro atoms. The fourth-order valence-corrected chi connectivity index (χ4v) is 12.1. The fraction of sp³-hybridized carbons (Fsp3) is 0.283. The van der Waals surface area contributed by atoms with Gasteiger partial charge >= 0.3 is 0 Å². The van der Waals surface area contributed by atoms with Gasteiger partial charge in [0.2, 0.25) is 34.2 Å². The molecule has 2 unspecified atom stereocenters. The van der Waals surface area contributed by atoms with Crippen LogP contribution in [-0.4, -0.2) is 0 Å². The Morgan fingerprint density at radius 2 is 0.714 bits per heavy atom. The Hall–Kier alpha value is -9.78. The summed E-state index contributed by atoms with van der Waals surface area (Å²) in [5.41, 5.74) is 26.0. The van der Waals surface area contributed by atoms with E-state index in [4.69, 9.17) is 15.1 Å². The zero-order valence-electron chi connectivity index (χ0n) is 72.6. The van der Waals surface area contributed by atoms with Gasteiger partial charge in [-0.1, -0.05) is 164 Å². The molecular formula is C92H112N6+6. The van der Waals surface area contributed by atoms with E-state index in [2.05, 4.69) is 179 Å². The van der Waals surface area contributed by atoms with E-state index in [-0.39, 0.29) is 0 Å². The molecule has 6 heteroatoms. The summed E-state index contributed by atoms with van der Waals surface area (Å²) in [4.78, 5) is 0. The van der Waals surface area contributed by atoms with E-state index in [0.717, 1.165) is 73.7 Å². The van der Waals surface area contributed by atoms with Crippen LogP contribution in [-0.2, 0) is 55.1 Å². The van der Waals surface area contributed by atoms with Crippen LogP contribution in [0, 0.1) is 48.5 Å². The molecule has 0 saturated heterocycles. The number of aryl methyl sites for hydroxylation is 15. The maximum absolute atomic E-state index is 8.40. The molecule has 0 bridgehead atoms. The summed E-state index contributed by atoms with van der Waals surface area (Å²) in [6.45, 7) is 20.4. The number of benzene rings is 6. The van der Waals surface area contributed by atoms with E-state index in [0.29, 0.717) is 11.1 Å². The molecule has 6 aromatic carbocycles. The molecule has 2 atom stereocenters. The lowest BCUT2D eigenvalue weighted by Crippen LogP contribution is -2.32. The van der Waals surface area contributed by atoms with Crippen LogP contribution in [0.5, 0.6) is 0 Å². The monoisotopic (exact) mass is 1310 g/mol. The van der Waals surface area contributed by atoms with Gasteiger partial charge in [-0.2, -0.15) is 0 Å². The van der Waals surface area contributed by atoms with Gasteiger partial charge in [0.05, 0.1) is 0 Å². The molecule has 0 aliphatic rings. The fourth-order valence-electron chi connectivity index (χ4n) is 12.1. The molecule has 12 rings (SSSR count). The minimum Gasteiger partial charge on any atom is -0.201 e. The zero-order chi connectivity index (χ0) is 80.7. The Balaban J connectivity index is 0.000000183. The summed E-state index contributed by atoms with van der Waals surface area (Å²) in [6, 6.07) is 72.9. The Morgan fingerprint density at radius 3 is 1.15 bits per heavy atom. The highest BCUT2D eigenvalue weighted by Gasteiger charge is 2.22. The summed E-state index contributed by atoms with van der Waals surface area (Å²) in [6.07, 6.45) is 11.6. The van der Waals surface area contributed by atoms with Crippen LogP contribution >= 0.6 is 0 Å². The Kier molecular flexibility index (Phi) is 22.6. The number of hydrogen-bond acceptors (Lipinski definition) is 0. The average Bonchev–Trinajstić information content (AvgIpc) is 0.794. The Morgan fingerprint density at radius 1 is 0.327 bits per heavy atom. The van der Waals surface area contributed by atoms with Gasteiger partial charge in [0.25, 0.3) is 0 Å². The van der Waals surface area contributed by atoms with Gasteiger partial charge in [-0.15, -0.1) is 0 Å². The normalized spacial score (nSPS) is 14.0. The highest BCUT2D eigenvalue weighted by Crippen LogP contribution is 2.31. The molecule has 0 N–H and O–H groups in total. The lowest BCUT2D eigenvalue weighted by atomic mass is 9.94. The van der Waals surface area contributed by atoms with Crippen LogP contribution in [0.1, 0.15) is 155 Å². The summed E-state index contributed by atoms with van der Waals surface area (Å²) < 4.78 is 99.0. The molecule has 0 aliphatic heterocycles. The lowest BCUT2D eigenvalue weighted by Gasteiger charge is -2.11. The van der Waals surface area contributed by atoms with Crippen molar-refractivity contribution in [3.8, 4) is 67.5 Å². The van der Waals surface area contributed by atoms with E-state index in [1.807, 2.05) is 198 Å². The molecule has 0 aliphatic carbocycles. The molecule has 0 radical (unpaired) electrons. The van der Waals surface area contributed by atoms with Crippen LogP contribution in [0.2, 0.25) is 0 Å². The van der Waals surface area contributed by atoms with Crippen molar-refractivity contribution in [1.29, 1.82) is 0 Å². The summed E-state index contributed by atoms with van der Waals surface area (Å²) in [5, 5.41) is 0. The highest BCUT2D eigenvalue weighted by molar-refractivity contribution is 5.68. The highest BCUT2D eigenvalue weighted by atomic mass is 14.9. The first-order valence-corrected chi connectivity index (χ1v) is 33.8. The molecule has 504 valence electrons. The van der Waals surface area contributed by atoms with E-state index in [9.17, 15) is 0 Å². The second-order valence-electron chi connectivity index (χ2n) is 25.5. The van der Waals surface area contributed by atoms with E-state index < -0.39 is 37.8 Å². The van der Waals surface area contributed by atoms with Crippen molar-refractivity contribution in [3.63, 3.8) is 0 Å². The summed E-state index contributed by atoms with van der Waals surface area (Å²) in [7, 11) is 12.0. The van der Waals surface area contributed by atoms with Gasteiger partial charge in [-0.05, 0) is 184 Å². The number of nitrogens with zero attached hydrogens (tertiary/aromatic N) is 6. The third kappa shape index (κ3) is 19.9. The maximum atomic E-state index is 8.40. The van der Waals surface area contributed by atoms with Gasteiger partial charge in [0.1, 0.15) is 42.3 Å². The topological polar surface area (TPSA) is 23.3 Å². The smallest absolute Gasteiger partial charge is 0.201 e. The van der Waals surface area contributed by atoms with Crippen molar-refractivity contribution >= 4 is 0 Å². The maximum Gasteiger partial charge on any atom is 0.215 e. The van der Waals surface area contributed by atoms with Gasteiger partial charge in [-0.25, -0.2) is 27.4 Å². The third-order valence-electron chi connectivity index (χ3n) is 17.7. The second kappa shape index (κ2) is 36.5. The van der Waals surface area contributed by atoms with E-state index >= 15 is 0 Å². The van der Waals surface area contributed by atoms with Crippen LogP contribution in [0.4, 0.5) is 0 Å². The Bertz CT molecular complexity index is 4980. The van der Waals surface area contributed by atoms with Crippen molar-refractivity contribution in [2.75, 3.05) is 0 Å². The molecular weight excluding hydrogens is 1190 g/mol. The van der Waals surface area contributed by atoms with Crippen LogP contribution in [0.3, 0.4) is 0 Å². The quantitative estimate of drug-likeness (QED) is 0.115. The minimum atomic E-state index is -2.39. The largest absolute Gasteiger partial charge is 0.215 e. The van der Waals surface area contributed by atoms with Crippen molar-refractivity contribution < 1.29 is 42.5 Å². The third-order valence-corrected chi connectivity index (χ3v) is 17.7. The van der Waals surface area contributed by atoms with Gasteiger partial charge < -0.3 is 0 Å². The minimum absolute atomic E-state index is 0.499. The number of rotatable bonds is 11. The molecule has 6 heterocycles. The molecule has 12 aromatic rings. The predicted molar refractivity (Wildman–Crippen MR) is 413 cm³/mol. The standard InChI is InChI=1S/3C16H20N.2C15H18N.C14H16N/c2*1-12(2)14-10-7-11-17(4)16(14)15-9-6-5-8-13(15)3;1-12(2)14-9-10-17(4)16(11-14)15-8-6-5-7-13(15)3;1-4-13-9-7-11-16(3)15(13)14-10-6-5-8-12(14)2;1-4-13-9-10-16(3)15(11-13)14-8-6-5-7-12(14)2;1-11-7-8-13(12(2)10-11)14-6-4-5-9-15(14)3/h3*5-12H,1-4H3;2*5-11H,4H2,1-3H3;4-10H,1-3H3/q6*+1/i1D3,12D;12D;1D3,12D;4D2;;. The average molecular weight is 1310 g/mol. The second-order valence-corrected chi connectivity index (χ2v) is 25.5. The molecule has 0 amide bonds. The van der Waals surface area contributed by atoms with E-state index in [1.54, 1.807) is 25.1 Å². The van der Waals surface area contributed by atoms with Crippen molar-refractivity contribution in [2.45, 2.75) is 134 Å². The van der Waals surface area contributed by atoms with Crippen molar-refractivity contribution in [3.05, 3.63) is 322 Å². The number of pyridine rings is 6. The number of aromatic nitrogens is 6. The van der Waals surface area contributed by atoms with Crippen LogP contribution in [0.25, 0.3) is 67.5 Å². The molecule has 98 heavy (non-hydrogen) atoms. The first-order valence-electron chi connectivity index (χ1n) is 39.3. The van der Waals surface area contributed by atoms with Crippen LogP contribution < -0.4 is 27.4 Å². The van der Waals surface area contributed by atoms with Crippen LogP contribution in [0.15, 0.2) is 256 Å². The SMILES string of the molecule is CCc1cc[n+](C)c(-c2ccccc2C)c1.Cc1ccc(-c2cccc[n+]2C)c(C)c1.[2H]C(C)(C)c1ccc[n+](C)c1-c1ccccc1C.[2H]C([2H])(C)c1ccc[n+](C)c1-c1ccccc1C.[2H]C([2H])([2H])C([2H])(C)c1cc[n+](C)c(-c2ccccc2C)c1.[2H]C([2H])([2H])C([2H])(C)c1ccc[n+](C)c1-c1ccccc1C. The molecule has 0 saturated carbocycles. The zero-order valence-corrected chi connectivity index (χ0v) is 61.6. The van der Waals surface area contributed by atoms with Gasteiger partial charge in [0.15, 0.2) is 37.2 Å². The lowest BCUT2D eigenvalue weighted by molar-refractivity contribution is -0.660. The summed E-state index contributed by atoms with van der Waals surface area (Å²) >= 11 is 0. The van der Waals surface area contributed by atoms with E-state index in [1.165, 1.54) is 69.7 Å². The number of hydrogen-bond donors (Lipinski definition) is 0. The molecule has 0 fully saturated rings. The van der Waals surface area contributed by atoms with Gasteiger partial charge in [0, 0.05) is 120 Å².